The van der Waals surface area contributed by atoms with E-state index in [9.17, 15) is 0 Å². The summed E-state index contributed by atoms with van der Waals surface area (Å²) in [6, 6.07) is 2.93. The Labute approximate surface area is 98.2 Å². The quantitative estimate of drug-likeness (QED) is 0.846. The average molecular weight is 221 g/mol. The van der Waals surface area contributed by atoms with Crippen LogP contribution < -0.4 is 5.32 Å². The maximum atomic E-state index is 4.42. The first-order valence-electron chi connectivity index (χ1n) is 6.19. The summed E-state index contributed by atoms with van der Waals surface area (Å²) in [4.78, 5) is 0. The van der Waals surface area contributed by atoms with Crippen molar-refractivity contribution in [2.24, 2.45) is 12.5 Å². The molecule has 3 heteroatoms. The molecule has 0 aliphatic heterocycles. The summed E-state index contributed by atoms with van der Waals surface area (Å²) in [6.07, 6.45) is 5.07. The van der Waals surface area contributed by atoms with E-state index >= 15 is 0 Å². The molecule has 1 saturated carbocycles. The molecule has 0 aromatic carbocycles. The molecule has 2 unspecified atom stereocenters. The third-order valence-corrected chi connectivity index (χ3v) is 3.95. The molecule has 1 aromatic heterocycles. The van der Waals surface area contributed by atoms with Crippen LogP contribution in [0.5, 0.6) is 0 Å². The van der Waals surface area contributed by atoms with Crippen molar-refractivity contribution in [3.63, 3.8) is 0 Å². The van der Waals surface area contributed by atoms with Gasteiger partial charge in [-0.05, 0) is 51.1 Å². The van der Waals surface area contributed by atoms with Crippen LogP contribution in [0.15, 0.2) is 6.07 Å². The highest BCUT2D eigenvalue weighted by Gasteiger charge is 2.35. The zero-order valence-corrected chi connectivity index (χ0v) is 10.9. The number of hydrogen-bond acceptors (Lipinski definition) is 2. The van der Waals surface area contributed by atoms with E-state index in [1.54, 1.807) is 0 Å². The Balaban J connectivity index is 2.07. The first kappa shape index (κ1) is 11.6. The van der Waals surface area contributed by atoms with E-state index in [1.807, 2.05) is 4.68 Å². The van der Waals surface area contributed by atoms with Gasteiger partial charge in [-0.15, -0.1) is 0 Å². The maximum Gasteiger partial charge on any atom is 0.0596 e. The SMILES string of the molecule is CNC1CCC(C)(Cc2cc(C)nn2C)C1. The smallest absolute Gasteiger partial charge is 0.0596 e. The van der Waals surface area contributed by atoms with Gasteiger partial charge >= 0.3 is 0 Å². The monoisotopic (exact) mass is 221 g/mol. The normalized spacial score (nSPS) is 29.9. The molecule has 1 heterocycles. The van der Waals surface area contributed by atoms with E-state index in [4.69, 9.17) is 0 Å². The summed E-state index contributed by atoms with van der Waals surface area (Å²) in [5, 5.41) is 7.83. The highest BCUT2D eigenvalue weighted by atomic mass is 15.3. The van der Waals surface area contributed by atoms with Crippen LogP contribution in [0.2, 0.25) is 0 Å². The van der Waals surface area contributed by atoms with Crippen LogP contribution in [-0.4, -0.2) is 22.9 Å². The van der Waals surface area contributed by atoms with E-state index in [-0.39, 0.29) is 0 Å². The second kappa shape index (κ2) is 4.21. The van der Waals surface area contributed by atoms with Crippen molar-refractivity contribution >= 4 is 0 Å². The Kier molecular flexibility index (Phi) is 3.06. The highest BCUT2D eigenvalue weighted by Crippen LogP contribution is 2.40. The number of hydrogen-bond donors (Lipinski definition) is 1. The van der Waals surface area contributed by atoms with Gasteiger partial charge in [-0.25, -0.2) is 0 Å². The van der Waals surface area contributed by atoms with Crippen LogP contribution >= 0.6 is 0 Å². The van der Waals surface area contributed by atoms with Gasteiger partial charge in [0, 0.05) is 18.8 Å². The van der Waals surface area contributed by atoms with Crippen LogP contribution in [0.3, 0.4) is 0 Å². The average Bonchev–Trinajstić information content (AvgIpc) is 2.72. The van der Waals surface area contributed by atoms with Crippen molar-refractivity contribution in [3.8, 4) is 0 Å². The molecule has 1 aliphatic rings. The van der Waals surface area contributed by atoms with Gasteiger partial charge in [-0.2, -0.15) is 5.10 Å². The minimum absolute atomic E-state index is 0.452. The van der Waals surface area contributed by atoms with Gasteiger partial charge in [-0.3, -0.25) is 4.68 Å². The van der Waals surface area contributed by atoms with Crippen LogP contribution in [-0.2, 0) is 13.5 Å². The zero-order chi connectivity index (χ0) is 11.8. The van der Waals surface area contributed by atoms with Crippen molar-refractivity contribution < 1.29 is 0 Å². The molecule has 0 spiro atoms. The van der Waals surface area contributed by atoms with E-state index in [2.05, 4.69) is 44.4 Å². The predicted molar refractivity (Wildman–Crippen MR) is 66.5 cm³/mol. The van der Waals surface area contributed by atoms with E-state index in [1.165, 1.54) is 25.0 Å². The van der Waals surface area contributed by atoms with Crippen LogP contribution in [0, 0.1) is 12.3 Å². The van der Waals surface area contributed by atoms with Gasteiger partial charge in [0.2, 0.25) is 0 Å². The molecule has 0 bridgehead atoms. The van der Waals surface area contributed by atoms with E-state index in [0.29, 0.717) is 11.5 Å². The number of aromatic nitrogens is 2. The second-order valence-corrected chi connectivity index (χ2v) is 5.62. The molecule has 1 N–H and O–H groups in total. The third-order valence-electron chi connectivity index (χ3n) is 3.95. The molecular weight excluding hydrogens is 198 g/mol. The van der Waals surface area contributed by atoms with Gasteiger partial charge < -0.3 is 5.32 Å². The topological polar surface area (TPSA) is 29.9 Å². The van der Waals surface area contributed by atoms with E-state index in [0.717, 1.165) is 12.1 Å². The van der Waals surface area contributed by atoms with Gasteiger partial charge in [0.1, 0.15) is 0 Å². The standard InChI is InChI=1S/C13H23N3/c1-10-7-12(16(4)15-10)9-13(2)6-5-11(8-13)14-3/h7,11,14H,5-6,8-9H2,1-4H3. The Bertz CT molecular complexity index is 369. The lowest BCUT2D eigenvalue weighted by molar-refractivity contribution is 0.316. The van der Waals surface area contributed by atoms with Crippen LogP contribution in [0.1, 0.15) is 37.6 Å². The largest absolute Gasteiger partial charge is 0.317 e. The molecule has 1 fully saturated rings. The fourth-order valence-corrected chi connectivity index (χ4v) is 3.00. The predicted octanol–water partition coefficient (Wildman–Crippen LogP) is 2.05. The summed E-state index contributed by atoms with van der Waals surface area (Å²) >= 11 is 0. The summed E-state index contributed by atoms with van der Waals surface area (Å²) < 4.78 is 2.04. The zero-order valence-electron chi connectivity index (χ0n) is 10.9. The fourth-order valence-electron chi connectivity index (χ4n) is 3.00. The first-order chi connectivity index (χ1) is 7.52. The highest BCUT2D eigenvalue weighted by molar-refractivity contribution is 5.11. The summed E-state index contributed by atoms with van der Waals surface area (Å²) in [7, 11) is 4.13. The molecule has 2 atom stereocenters. The number of nitrogens with one attached hydrogen (secondary N) is 1. The van der Waals surface area contributed by atoms with E-state index < -0.39 is 0 Å². The molecular formula is C13H23N3. The fraction of sp³-hybridized carbons (Fsp3) is 0.769. The van der Waals surface area contributed by atoms with Crippen molar-refractivity contribution in [1.29, 1.82) is 0 Å². The molecule has 16 heavy (non-hydrogen) atoms. The molecule has 0 radical (unpaired) electrons. The van der Waals surface area contributed by atoms with Gasteiger partial charge in [0.25, 0.3) is 0 Å². The number of rotatable bonds is 3. The molecule has 3 nitrogen and oxygen atoms in total. The minimum atomic E-state index is 0.452. The first-order valence-corrected chi connectivity index (χ1v) is 6.19. The lowest BCUT2D eigenvalue weighted by Gasteiger charge is -2.24. The second-order valence-electron chi connectivity index (χ2n) is 5.62. The van der Waals surface area contributed by atoms with Crippen molar-refractivity contribution in [2.45, 2.75) is 45.6 Å². The van der Waals surface area contributed by atoms with Crippen molar-refractivity contribution in [1.82, 2.24) is 15.1 Å². The Hall–Kier alpha value is -0.830. The van der Waals surface area contributed by atoms with Crippen LogP contribution in [0.25, 0.3) is 0 Å². The molecule has 1 aliphatic carbocycles. The van der Waals surface area contributed by atoms with Crippen molar-refractivity contribution in [3.05, 3.63) is 17.5 Å². The number of nitrogens with zero attached hydrogens (tertiary/aromatic N) is 2. The molecule has 0 saturated heterocycles. The van der Waals surface area contributed by atoms with Crippen LogP contribution in [0.4, 0.5) is 0 Å². The number of aryl methyl sites for hydroxylation is 2. The lowest BCUT2D eigenvalue weighted by atomic mass is 9.83. The van der Waals surface area contributed by atoms with Gasteiger partial charge in [-0.1, -0.05) is 6.92 Å². The van der Waals surface area contributed by atoms with Gasteiger partial charge in [0.15, 0.2) is 0 Å². The van der Waals surface area contributed by atoms with Crippen molar-refractivity contribution in [2.75, 3.05) is 7.05 Å². The minimum Gasteiger partial charge on any atom is -0.317 e. The molecule has 2 rings (SSSR count). The summed E-state index contributed by atoms with van der Waals surface area (Å²) in [5.74, 6) is 0. The lowest BCUT2D eigenvalue weighted by Crippen LogP contribution is -2.25. The molecule has 90 valence electrons. The maximum absolute atomic E-state index is 4.42. The Morgan fingerprint density at radius 3 is 2.88 bits per heavy atom. The summed E-state index contributed by atoms with van der Waals surface area (Å²) in [5.41, 5.74) is 2.95. The Morgan fingerprint density at radius 2 is 2.38 bits per heavy atom. The molecule has 1 aromatic rings. The third kappa shape index (κ3) is 2.29. The summed E-state index contributed by atoms with van der Waals surface area (Å²) in [6.45, 7) is 4.48. The molecule has 0 amide bonds. The van der Waals surface area contributed by atoms with Gasteiger partial charge in [0.05, 0.1) is 5.69 Å². The Morgan fingerprint density at radius 1 is 1.62 bits per heavy atom.